The first-order valence-corrected chi connectivity index (χ1v) is 3.83. The lowest BCUT2D eigenvalue weighted by atomic mass is 10.1. The lowest BCUT2D eigenvalue weighted by Gasteiger charge is -2.27. The van der Waals surface area contributed by atoms with Crippen LogP contribution in [0.3, 0.4) is 0 Å². The van der Waals surface area contributed by atoms with Crippen LogP contribution in [0.2, 0.25) is 0 Å². The van der Waals surface area contributed by atoms with Gasteiger partial charge < -0.3 is 5.11 Å². The molecule has 0 radical (unpaired) electrons. The van der Waals surface area contributed by atoms with Gasteiger partial charge in [-0.1, -0.05) is 0 Å². The molecular formula is C6H12ClNO. The first-order valence-electron chi connectivity index (χ1n) is 3.29. The summed E-state index contributed by atoms with van der Waals surface area (Å²) in [6.45, 7) is 1.80. The third-order valence-electron chi connectivity index (χ3n) is 1.65. The van der Waals surface area contributed by atoms with Crippen LogP contribution in [0.4, 0.5) is 0 Å². The van der Waals surface area contributed by atoms with Crippen molar-refractivity contribution in [1.82, 2.24) is 4.90 Å². The van der Waals surface area contributed by atoms with Gasteiger partial charge in [0, 0.05) is 6.54 Å². The summed E-state index contributed by atoms with van der Waals surface area (Å²) in [6, 6.07) is 0.553. The van der Waals surface area contributed by atoms with E-state index in [-0.39, 0.29) is 6.10 Å². The highest BCUT2D eigenvalue weighted by atomic mass is 35.5. The van der Waals surface area contributed by atoms with Crippen LogP contribution in [0.1, 0.15) is 12.8 Å². The van der Waals surface area contributed by atoms with Crippen molar-refractivity contribution >= 4 is 11.6 Å². The summed E-state index contributed by atoms with van der Waals surface area (Å²) in [5, 5.41) is 9.11. The average Bonchev–Trinajstić information content (AvgIpc) is 1.88. The minimum Gasteiger partial charge on any atom is -0.392 e. The minimum absolute atomic E-state index is 0.141. The van der Waals surface area contributed by atoms with Crippen molar-refractivity contribution in [3.8, 4) is 0 Å². The molecule has 0 aromatic carbocycles. The van der Waals surface area contributed by atoms with Crippen LogP contribution in [-0.4, -0.2) is 35.2 Å². The van der Waals surface area contributed by atoms with Gasteiger partial charge in [-0.2, -0.15) is 0 Å². The van der Waals surface area contributed by atoms with Crippen LogP contribution in [0.15, 0.2) is 0 Å². The molecule has 0 bridgehead atoms. The van der Waals surface area contributed by atoms with Crippen LogP contribution >= 0.6 is 11.6 Å². The molecular weight excluding hydrogens is 138 g/mol. The standard InChI is InChI=1S/C6H12ClNO/c7-5-8-3-1-2-6(9)4-8/h6,9H,1-5H2/t6-/m0/s1. The van der Waals surface area contributed by atoms with E-state index < -0.39 is 0 Å². The number of likely N-dealkylation sites (tertiary alicyclic amines) is 1. The van der Waals surface area contributed by atoms with Crippen LogP contribution in [0.25, 0.3) is 0 Å². The number of hydrogen-bond donors (Lipinski definition) is 1. The van der Waals surface area contributed by atoms with Crippen LogP contribution in [0.5, 0.6) is 0 Å². The second kappa shape index (κ2) is 3.40. The van der Waals surface area contributed by atoms with Crippen molar-refractivity contribution in [2.24, 2.45) is 0 Å². The van der Waals surface area contributed by atoms with E-state index in [2.05, 4.69) is 4.90 Å². The SMILES string of the molecule is O[C@H]1CCCN(CCl)C1. The van der Waals surface area contributed by atoms with Crippen LogP contribution < -0.4 is 0 Å². The van der Waals surface area contributed by atoms with Gasteiger partial charge in [0.1, 0.15) is 0 Å². The number of alkyl halides is 1. The molecule has 0 aromatic rings. The smallest absolute Gasteiger partial charge is 0.0739 e. The predicted octanol–water partition coefficient (Wildman–Crippen LogP) is 0.639. The summed E-state index contributed by atoms with van der Waals surface area (Å²) in [5.74, 6) is 0. The molecule has 1 rings (SSSR count). The first kappa shape index (κ1) is 7.32. The Morgan fingerprint density at radius 3 is 2.89 bits per heavy atom. The Balaban J connectivity index is 2.23. The van der Waals surface area contributed by atoms with E-state index in [4.69, 9.17) is 16.7 Å². The number of piperidine rings is 1. The molecule has 1 saturated heterocycles. The molecule has 0 aliphatic carbocycles. The Bertz CT molecular complexity index is 89.1. The molecule has 2 nitrogen and oxygen atoms in total. The maximum absolute atomic E-state index is 9.11. The summed E-state index contributed by atoms with van der Waals surface area (Å²) >= 11 is 5.56. The van der Waals surface area contributed by atoms with Gasteiger partial charge in [0.2, 0.25) is 0 Å². The van der Waals surface area contributed by atoms with Gasteiger partial charge in [0.05, 0.1) is 12.1 Å². The van der Waals surface area contributed by atoms with Crippen molar-refractivity contribution < 1.29 is 5.11 Å². The summed E-state index contributed by atoms with van der Waals surface area (Å²) in [6.07, 6.45) is 1.87. The zero-order valence-electron chi connectivity index (χ0n) is 5.39. The number of nitrogens with zero attached hydrogens (tertiary/aromatic N) is 1. The Morgan fingerprint density at radius 2 is 2.44 bits per heavy atom. The molecule has 1 fully saturated rings. The van der Waals surface area contributed by atoms with Gasteiger partial charge >= 0.3 is 0 Å². The molecule has 1 atom stereocenters. The molecule has 1 heterocycles. The molecule has 0 amide bonds. The fourth-order valence-electron chi connectivity index (χ4n) is 1.14. The van der Waals surface area contributed by atoms with Crippen molar-refractivity contribution in [1.29, 1.82) is 0 Å². The topological polar surface area (TPSA) is 23.5 Å². The normalized spacial score (nSPS) is 30.7. The second-order valence-corrected chi connectivity index (χ2v) is 2.73. The van der Waals surface area contributed by atoms with E-state index in [1.807, 2.05) is 0 Å². The van der Waals surface area contributed by atoms with E-state index in [1.165, 1.54) is 0 Å². The molecule has 1 aliphatic heterocycles. The van der Waals surface area contributed by atoms with Crippen LogP contribution in [0, 0.1) is 0 Å². The maximum Gasteiger partial charge on any atom is 0.0739 e. The fraction of sp³-hybridized carbons (Fsp3) is 1.00. The summed E-state index contributed by atoms with van der Waals surface area (Å²) in [7, 11) is 0. The van der Waals surface area contributed by atoms with Gasteiger partial charge in [0.15, 0.2) is 0 Å². The molecule has 1 N–H and O–H groups in total. The predicted molar refractivity (Wildman–Crippen MR) is 37.5 cm³/mol. The molecule has 54 valence electrons. The zero-order valence-corrected chi connectivity index (χ0v) is 6.14. The van der Waals surface area contributed by atoms with Crippen molar-refractivity contribution in [2.75, 3.05) is 19.1 Å². The molecule has 0 spiro atoms. The highest BCUT2D eigenvalue weighted by Gasteiger charge is 2.15. The summed E-state index contributed by atoms with van der Waals surface area (Å²) < 4.78 is 0. The van der Waals surface area contributed by atoms with E-state index in [1.54, 1.807) is 0 Å². The Labute approximate surface area is 60.4 Å². The van der Waals surface area contributed by atoms with Crippen molar-refractivity contribution in [3.63, 3.8) is 0 Å². The Hall–Kier alpha value is 0.210. The molecule has 9 heavy (non-hydrogen) atoms. The van der Waals surface area contributed by atoms with Crippen LogP contribution in [-0.2, 0) is 0 Å². The third-order valence-corrected chi connectivity index (χ3v) is 1.99. The quantitative estimate of drug-likeness (QED) is 0.437. The Morgan fingerprint density at radius 1 is 1.67 bits per heavy atom. The van der Waals surface area contributed by atoms with E-state index in [0.717, 1.165) is 25.9 Å². The van der Waals surface area contributed by atoms with E-state index in [0.29, 0.717) is 6.00 Å². The van der Waals surface area contributed by atoms with Crippen molar-refractivity contribution in [3.05, 3.63) is 0 Å². The van der Waals surface area contributed by atoms with Gasteiger partial charge in [-0.3, -0.25) is 4.90 Å². The highest BCUT2D eigenvalue weighted by Crippen LogP contribution is 2.09. The monoisotopic (exact) mass is 149 g/mol. The van der Waals surface area contributed by atoms with Gasteiger partial charge in [-0.15, -0.1) is 11.6 Å². The van der Waals surface area contributed by atoms with Gasteiger partial charge in [-0.05, 0) is 19.4 Å². The number of halogens is 1. The van der Waals surface area contributed by atoms with E-state index >= 15 is 0 Å². The molecule has 0 unspecified atom stereocenters. The molecule has 3 heteroatoms. The minimum atomic E-state index is -0.141. The number of hydrogen-bond acceptors (Lipinski definition) is 2. The molecule has 0 saturated carbocycles. The fourth-order valence-corrected chi connectivity index (χ4v) is 1.36. The molecule has 1 aliphatic rings. The largest absolute Gasteiger partial charge is 0.392 e. The second-order valence-electron chi connectivity index (χ2n) is 2.49. The van der Waals surface area contributed by atoms with Crippen molar-refractivity contribution in [2.45, 2.75) is 18.9 Å². The summed E-state index contributed by atoms with van der Waals surface area (Å²) in [5.41, 5.74) is 0. The summed E-state index contributed by atoms with van der Waals surface area (Å²) in [4.78, 5) is 2.05. The molecule has 0 aromatic heterocycles. The van der Waals surface area contributed by atoms with Gasteiger partial charge in [-0.25, -0.2) is 0 Å². The average molecular weight is 150 g/mol. The van der Waals surface area contributed by atoms with E-state index in [9.17, 15) is 0 Å². The van der Waals surface area contributed by atoms with Gasteiger partial charge in [0.25, 0.3) is 0 Å². The maximum atomic E-state index is 9.11. The Kier molecular flexibility index (Phi) is 2.76. The third kappa shape index (κ3) is 2.12. The number of rotatable bonds is 1. The lowest BCUT2D eigenvalue weighted by molar-refractivity contribution is 0.0806. The lowest BCUT2D eigenvalue weighted by Crippen LogP contribution is -2.37. The highest BCUT2D eigenvalue weighted by molar-refractivity contribution is 6.17. The number of aliphatic hydroxyl groups is 1. The first-order chi connectivity index (χ1) is 4.33. The zero-order chi connectivity index (χ0) is 6.69. The number of aliphatic hydroxyl groups excluding tert-OH is 1. The number of β-amino-alcohol motifs (C(OH)–C–C–N with tert-alkyl or cyclic N) is 1.